The minimum Gasteiger partial charge on any atom is -0.287 e. The molecule has 27 heavy (non-hydrogen) atoms. The van der Waals surface area contributed by atoms with Crippen LogP contribution in [0.3, 0.4) is 0 Å². The molecule has 0 amide bonds. The first-order valence-corrected chi connectivity index (χ1v) is 8.71. The minimum atomic E-state index is -0.772. The number of rotatable bonds is 3. The zero-order chi connectivity index (χ0) is 19.7. The average molecular weight is 426 g/mol. The molecular formula is C20H9Cl3F2O2. The summed E-state index contributed by atoms with van der Waals surface area (Å²) >= 11 is 17.6. The van der Waals surface area contributed by atoms with Gasteiger partial charge in [0.05, 0.1) is 0 Å². The molecule has 0 bridgehead atoms. The van der Waals surface area contributed by atoms with Gasteiger partial charge in [-0.2, -0.15) is 0 Å². The predicted molar refractivity (Wildman–Crippen MR) is 102 cm³/mol. The van der Waals surface area contributed by atoms with Crippen LogP contribution < -0.4 is 0 Å². The summed E-state index contributed by atoms with van der Waals surface area (Å²) in [6.45, 7) is 0. The number of benzene rings is 2. The molecule has 0 saturated heterocycles. The monoisotopic (exact) mass is 424 g/mol. The molecule has 0 unspecified atom stereocenters. The molecule has 2 nitrogen and oxygen atoms in total. The number of Topliss-reactive ketones (excluding diaryl/α,β-unsaturated/α-hetero) is 2. The lowest BCUT2D eigenvalue weighted by molar-refractivity contribution is -0.115. The number of carbonyl (C=O) groups is 2. The number of carbonyl (C=O) groups excluding carboxylic acids is 2. The van der Waals surface area contributed by atoms with Crippen molar-refractivity contribution >= 4 is 51.9 Å². The lowest BCUT2D eigenvalue weighted by Crippen LogP contribution is -2.17. The smallest absolute Gasteiger partial charge is 0.218 e. The predicted octanol–water partition coefficient (Wildman–Crippen LogP) is 5.73. The highest BCUT2D eigenvalue weighted by Crippen LogP contribution is 2.35. The number of ketones is 2. The van der Waals surface area contributed by atoms with E-state index in [1.807, 2.05) is 0 Å². The zero-order valence-electron chi connectivity index (χ0n) is 13.4. The molecule has 0 atom stereocenters. The van der Waals surface area contributed by atoms with Gasteiger partial charge in [0, 0.05) is 5.57 Å². The number of hydrogen-bond donors (Lipinski definition) is 0. The van der Waals surface area contributed by atoms with Crippen LogP contribution in [0.15, 0.2) is 75.3 Å². The van der Waals surface area contributed by atoms with Gasteiger partial charge in [-0.1, -0.05) is 59.1 Å². The average Bonchev–Trinajstić information content (AvgIpc) is 2.67. The van der Waals surface area contributed by atoms with E-state index in [0.29, 0.717) is 16.7 Å². The highest BCUT2D eigenvalue weighted by Gasteiger charge is 2.31. The van der Waals surface area contributed by atoms with Crippen LogP contribution in [0.4, 0.5) is 8.78 Å². The van der Waals surface area contributed by atoms with Gasteiger partial charge in [-0.05, 0) is 47.0 Å². The van der Waals surface area contributed by atoms with E-state index < -0.39 is 33.3 Å². The number of allylic oxidation sites excluding steroid dienone is 5. The van der Waals surface area contributed by atoms with Gasteiger partial charge in [0.15, 0.2) is 0 Å². The van der Waals surface area contributed by atoms with E-state index >= 15 is 0 Å². The molecule has 0 fully saturated rings. The van der Waals surface area contributed by atoms with Crippen LogP contribution in [0.1, 0.15) is 11.1 Å². The molecule has 0 aliphatic heterocycles. The first kappa shape index (κ1) is 19.5. The maximum absolute atomic E-state index is 13.3. The van der Waals surface area contributed by atoms with Crippen LogP contribution in [0.5, 0.6) is 0 Å². The van der Waals surface area contributed by atoms with E-state index in [4.69, 9.17) is 34.8 Å². The first-order valence-electron chi connectivity index (χ1n) is 7.57. The largest absolute Gasteiger partial charge is 0.287 e. The lowest BCUT2D eigenvalue weighted by Gasteiger charge is -2.15. The first-order chi connectivity index (χ1) is 12.8. The van der Waals surface area contributed by atoms with Crippen LogP contribution in [-0.2, 0) is 9.59 Å². The Kier molecular flexibility index (Phi) is 5.61. The van der Waals surface area contributed by atoms with E-state index in [0.717, 1.165) is 0 Å². The second-order valence-corrected chi connectivity index (χ2v) is 6.72. The van der Waals surface area contributed by atoms with Crippen molar-refractivity contribution in [2.24, 2.45) is 0 Å². The van der Waals surface area contributed by atoms with Crippen molar-refractivity contribution in [3.63, 3.8) is 0 Å². The summed E-state index contributed by atoms with van der Waals surface area (Å²) in [5.74, 6) is -2.38. The molecule has 0 N–H and O–H groups in total. The number of halogens is 5. The Morgan fingerprint density at radius 1 is 0.667 bits per heavy atom. The van der Waals surface area contributed by atoms with Crippen molar-refractivity contribution < 1.29 is 18.4 Å². The Labute approximate surface area is 168 Å². The lowest BCUT2D eigenvalue weighted by atomic mass is 9.92. The van der Waals surface area contributed by atoms with Crippen LogP contribution in [0.2, 0.25) is 0 Å². The SMILES string of the molecule is O=C1C(Cl)=C(Cl)C(=O)C(C=C(c2ccc(F)cc2)c2ccc(F)cc2)=C1Cl. The molecule has 3 rings (SSSR count). The second-order valence-electron chi connectivity index (χ2n) is 5.59. The fourth-order valence-corrected chi connectivity index (χ4v) is 3.15. The number of hydrogen-bond acceptors (Lipinski definition) is 2. The van der Waals surface area contributed by atoms with Crippen molar-refractivity contribution in [2.75, 3.05) is 0 Å². The quantitative estimate of drug-likeness (QED) is 0.589. The van der Waals surface area contributed by atoms with Crippen LogP contribution in [-0.4, -0.2) is 11.6 Å². The Bertz CT molecular complexity index is 986. The molecule has 1 aliphatic rings. The van der Waals surface area contributed by atoms with E-state index in [-0.39, 0.29) is 10.6 Å². The molecular weight excluding hydrogens is 417 g/mol. The standard InChI is InChI=1S/C20H9Cl3F2O2/c21-16-15(19(26)17(22)18(23)20(16)27)9-14(10-1-5-12(24)6-2-10)11-3-7-13(25)8-4-11/h1-9H. The maximum atomic E-state index is 13.3. The highest BCUT2D eigenvalue weighted by molar-refractivity contribution is 6.64. The summed E-state index contributed by atoms with van der Waals surface area (Å²) < 4.78 is 26.6. The van der Waals surface area contributed by atoms with Crippen molar-refractivity contribution in [1.29, 1.82) is 0 Å². The van der Waals surface area contributed by atoms with Crippen molar-refractivity contribution in [1.82, 2.24) is 0 Å². The molecule has 0 heterocycles. The van der Waals surface area contributed by atoms with Gasteiger partial charge in [-0.15, -0.1) is 0 Å². The topological polar surface area (TPSA) is 34.1 Å². The van der Waals surface area contributed by atoms with Gasteiger partial charge in [-0.3, -0.25) is 9.59 Å². The molecule has 7 heteroatoms. The normalized spacial score (nSPS) is 14.7. The van der Waals surface area contributed by atoms with Gasteiger partial charge in [0.25, 0.3) is 0 Å². The van der Waals surface area contributed by atoms with E-state index in [9.17, 15) is 18.4 Å². The zero-order valence-corrected chi connectivity index (χ0v) is 15.7. The third kappa shape index (κ3) is 3.88. The summed E-state index contributed by atoms with van der Waals surface area (Å²) in [6, 6.07) is 10.9. The van der Waals surface area contributed by atoms with Crippen LogP contribution in [0, 0.1) is 11.6 Å². The third-order valence-electron chi connectivity index (χ3n) is 3.87. The van der Waals surface area contributed by atoms with Crippen molar-refractivity contribution in [3.05, 3.63) is 98.0 Å². The van der Waals surface area contributed by atoms with Gasteiger partial charge in [0.1, 0.15) is 26.7 Å². The molecule has 0 spiro atoms. The Morgan fingerprint density at radius 2 is 1.07 bits per heavy atom. The van der Waals surface area contributed by atoms with Crippen LogP contribution in [0.25, 0.3) is 5.57 Å². The molecule has 0 radical (unpaired) electrons. The van der Waals surface area contributed by atoms with Gasteiger partial charge in [-0.25, -0.2) is 8.78 Å². The Hall–Kier alpha value is -2.27. The Balaban J connectivity index is 2.21. The third-order valence-corrected chi connectivity index (χ3v) is 5.06. The van der Waals surface area contributed by atoms with Gasteiger partial charge >= 0.3 is 0 Å². The maximum Gasteiger partial charge on any atom is 0.218 e. The second kappa shape index (κ2) is 7.77. The van der Waals surface area contributed by atoms with Gasteiger partial charge < -0.3 is 0 Å². The summed E-state index contributed by atoms with van der Waals surface area (Å²) in [7, 11) is 0. The van der Waals surface area contributed by atoms with E-state index in [1.54, 1.807) is 0 Å². The van der Waals surface area contributed by atoms with E-state index in [2.05, 4.69) is 0 Å². The fourth-order valence-electron chi connectivity index (χ4n) is 2.50. The molecule has 0 saturated carbocycles. The molecule has 1 aliphatic carbocycles. The fraction of sp³-hybridized carbons (Fsp3) is 0. The highest BCUT2D eigenvalue weighted by atomic mass is 35.5. The summed E-state index contributed by atoms with van der Waals surface area (Å²) in [6.07, 6.45) is 1.36. The van der Waals surface area contributed by atoms with Crippen molar-refractivity contribution in [2.45, 2.75) is 0 Å². The van der Waals surface area contributed by atoms with Gasteiger partial charge in [0.2, 0.25) is 11.6 Å². The summed E-state index contributed by atoms with van der Waals surface area (Å²) in [4.78, 5) is 24.6. The van der Waals surface area contributed by atoms with Crippen LogP contribution >= 0.6 is 34.8 Å². The molecule has 0 aromatic heterocycles. The summed E-state index contributed by atoms with van der Waals surface area (Å²) in [5, 5.41) is -1.26. The molecule has 2 aromatic rings. The van der Waals surface area contributed by atoms with E-state index in [1.165, 1.54) is 54.6 Å². The molecule has 136 valence electrons. The van der Waals surface area contributed by atoms with Crippen molar-refractivity contribution in [3.8, 4) is 0 Å². The Morgan fingerprint density at radius 3 is 1.52 bits per heavy atom. The minimum absolute atomic E-state index is 0.153. The summed E-state index contributed by atoms with van der Waals surface area (Å²) in [5.41, 5.74) is 1.32. The molecule has 2 aromatic carbocycles.